The van der Waals surface area contributed by atoms with Gasteiger partial charge in [0, 0.05) is 25.7 Å². The van der Waals surface area contributed by atoms with Crippen LogP contribution >= 0.6 is 0 Å². The van der Waals surface area contributed by atoms with Gasteiger partial charge in [0.25, 0.3) is 0 Å². The van der Waals surface area contributed by atoms with Crippen molar-refractivity contribution >= 4 is 0 Å². The summed E-state index contributed by atoms with van der Waals surface area (Å²) in [6.45, 7) is 1.76. The Balaban J connectivity index is 1.81. The average Bonchev–Trinajstić information content (AvgIpc) is 2.89. The fraction of sp³-hybridized carbons (Fsp3) is 0.636. The molecule has 2 atom stereocenters. The van der Waals surface area contributed by atoms with Gasteiger partial charge in [-0.2, -0.15) is 0 Å². The first-order valence-corrected chi connectivity index (χ1v) is 5.44. The Morgan fingerprint density at radius 1 is 1.60 bits per heavy atom. The number of ether oxygens (including phenoxy) is 1. The summed E-state index contributed by atoms with van der Waals surface area (Å²) in [6.07, 6.45) is 4.75. The highest BCUT2D eigenvalue weighted by Gasteiger charge is 2.20. The van der Waals surface area contributed by atoms with Gasteiger partial charge in [-0.25, -0.2) is 0 Å². The van der Waals surface area contributed by atoms with E-state index in [9.17, 15) is 0 Å². The molecule has 0 spiro atoms. The summed E-state index contributed by atoms with van der Waals surface area (Å²) in [7, 11) is 0. The number of rotatable bonds is 5. The Morgan fingerprint density at radius 3 is 3.13 bits per heavy atom. The number of nitrogens with one attached hydrogen (secondary N) is 1. The molecule has 1 aromatic heterocycles. The molecule has 0 saturated carbocycles. The van der Waals surface area contributed by atoms with E-state index in [0.717, 1.165) is 38.2 Å². The van der Waals surface area contributed by atoms with Gasteiger partial charge in [0.05, 0.1) is 6.26 Å². The molecular formula is C11H18N2O2. The van der Waals surface area contributed by atoms with Gasteiger partial charge in [-0.05, 0) is 30.9 Å². The van der Waals surface area contributed by atoms with E-state index < -0.39 is 0 Å². The van der Waals surface area contributed by atoms with Crippen molar-refractivity contribution in [2.24, 2.45) is 11.8 Å². The molecule has 2 heterocycles. The maximum Gasteiger partial charge on any atom is 0.105 e. The fourth-order valence-electron chi connectivity index (χ4n) is 2.05. The highest BCUT2D eigenvalue weighted by Crippen LogP contribution is 2.19. The van der Waals surface area contributed by atoms with Crippen LogP contribution in [0.1, 0.15) is 18.6 Å². The van der Waals surface area contributed by atoms with Gasteiger partial charge < -0.3 is 9.15 Å². The van der Waals surface area contributed by atoms with Crippen LogP contribution in [0.15, 0.2) is 22.8 Å². The Kier molecular flexibility index (Phi) is 3.77. The molecule has 0 radical (unpaired) electrons. The summed E-state index contributed by atoms with van der Waals surface area (Å²) >= 11 is 0. The van der Waals surface area contributed by atoms with Crippen LogP contribution in [-0.2, 0) is 11.2 Å². The average molecular weight is 210 g/mol. The van der Waals surface area contributed by atoms with Crippen LogP contribution in [0.25, 0.3) is 0 Å². The van der Waals surface area contributed by atoms with Crippen molar-refractivity contribution in [3.63, 3.8) is 0 Å². The Bertz CT molecular complexity index is 268. The van der Waals surface area contributed by atoms with Gasteiger partial charge in [0.15, 0.2) is 0 Å². The minimum absolute atomic E-state index is 0.280. The first-order chi connectivity index (χ1) is 7.38. The fourth-order valence-corrected chi connectivity index (χ4v) is 2.05. The molecule has 2 unspecified atom stereocenters. The van der Waals surface area contributed by atoms with Crippen LogP contribution in [0.4, 0.5) is 0 Å². The minimum Gasteiger partial charge on any atom is -0.469 e. The zero-order valence-electron chi connectivity index (χ0n) is 8.82. The highest BCUT2D eigenvalue weighted by molar-refractivity contribution is 5.00. The van der Waals surface area contributed by atoms with Crippen LogP contribution in [0.3, 0.4) is 0 Å². The summed E-state index contributed by atoms with van der Waals surface area (Å²) in [6, 6.07) is 4.17. The summed E-state index contributed by atoms with van der Waals surface area (Å²) in [4.78, 5) is 0. The second-order valence-corrected chi connectivity index (χ2v) is 4.11. The predicted octanol–water partition coefficient (Wildman–Crippen LogP) is 1.08. The van der Waals surface area contributed by atoms with Crippen LogP contribution in [0.5, 0.6) is 0 Å². The Hall–Kier alpha value is -0.840. The zero-order valence-corrected chi connectivity index (χ0v) is 8.82. The normalized spacial score (nSPS) is 23.1. The maximum atomic E-state index is 5.53. The molecule has 84 valence electrons. The van der Waals surface area contributed by atoms with E-state index in [1.54, 1.807) is 6.26 Å². The third-order valence-electron chi connectivity index (χ3n) is 2.91. The molecule has 1 aromatic rings. The van der Waals surface area contributed by atoms with Gasteiger partial charge in [-0.3, -0.25) is 11.3 Å². The van der Waals surface area contributed by atoms with Crippen LogP contribution in [-0.4, -0.2) is 19.3 Å². The zero-order chi connectivity index (χ0) is 10.5. The van der Waals surface area contributed by atoms with Gasteiger partial charge in [0.1, 0.15) is 5.76 Å². The van der Waals surface area contributed by atoms with E-state index in [4.69, 9.17) is 15.0 Å². The largest absolute Gasteiger partial charge is 0.469 e. The predicted molar refractivity (Wildman–Crippen MR) is 57.1 cm³/mol. The first-order valence-electron chi connectivity index (χ1n) is 5.44. The quantitative estimate of drug-likeness (QED) is 0.564. The van der Waals surface area contributed by atoms with Gasteiger partial charge in [-0.15, -0.1) is 0 Å². The highest BCUT2D eigenvalue weighted by atomic mass is 16.5. The van der Waals surface area contributed by atoms with Crippen molar-refractivity contribution in [1.82, 2.24) is 5.43 Å². The molecule has 4 nitrogen and oxygen atoms in total. The van der Waals surface area contributed by atoms with E-state index in [0.29, 0.717) is 5.92 Å². The number of hydrogen-bond donors (Lipinski definition) is 2. The van der Waals surface area contributed by atoms with Crippen molar-refractivity contribution in [2.75, 3.05) is 13.2 Å². The van der Waals surface area contributed by atoms with E-state index >= 15 is 0 Å². The lowest BCUT2D eigenvalue weighted by molar-refractivity contribution is 0.181. The second kappa shape index (κ2) is 5.30. The van der Waals surface area contributed by atoms with E-state index in [1.807, 2.05) is 12.1 Å². The second-order valence-electron chi connectivity index (χ2n) is 4.11. The molecule has 0 aromatic carbocycles. The number of hydrogen-bond acceptors (Lipinski definition) is 4. The van der Waals surface area contributed by atoms with Crippen molar-refractivity contribution in [3.05, 3.63) is 24.2 Å². The van der Waals surface area contributed by atoms with Crippen LogP contribution < -0.4 is 11.3 Å². The van der Waals surface area contributed by atoms with Crippen LogP contribution in [0, 0.1) is 5.92 Å². The SMILES string of the molecule is NNC(Cc1ccco1)CC1CCOC1. The molecule has 1 aliphatic rings. The topological polar surface area (TPSA) is 60.4 Å². The van der Waals surface area contributed by atoms with Crippen molar-refractivity contribution in [3.8, 4) is 0 Å². The van der Waals surface area contributed by atoms with E-state index in [2.05, 4.69) is 5.43 Å². The number of furan rings is 1. The first kappa shape index (κ1) is 10.7. The summed E-state index contributed by atoms with van der Waals surface area (Å²) in [5, 5.41) is 0. The summed E-state index contributed by atoms with van der Waals surface area (Å²) < 4.78 is 10.6. The van der Waals surface area contributed by atoms with Gasteiger partial charge in [0.2, 0.25) is 0 Å². The molecule has 1 fully saturated rings. The van der Waals surface area contributed by atoms with E-state index in [1.165, 1.54) is 0 Å². The van der Waals surface area contributed by atoms with Crippen molar-refractivity contribution in [1.29, 1.82) is 0 Å². The Labute approximate surface area is 89.7 Å². The molecule has 1 aliphatic heterocycles. The Morgan fingerprint density at radius 2 is 2.53 bits per heavy atom. The molecule has 1 saturated heterocycles. The smallest absolute Gasteiger partial charge is 0.105 e. The molecule has 3 N–H and O–H groups in total. The monoisotopic (exact) mass is 210 g/mol. The number of nitrogens with two attached hydrogens (primary N) is 1. The summed E-state index contributed by atoms with van der Waals surface area (Å²) in [5.74, 6) is 7.16. The molecular weight excluding hydrogens is 192 g/mol. The lowest BCUT2D eigenvalue weighted by Crippen LogP contribution is -2.38. The number of hydrazine groups is 1. The molecule has 0 aliphatic carbocycles. The third kappa shape index (κ3) is 3.06. The molecule has 15 heavy (non-hydrogen) atoms. The lowest BCUT2D eigenvalue weighted by Gasteiger charge is -2.17. The van der Waals surface area contributed by atoms with Gasteiger partial charge in [-0.1, -0.05) is 0 Å². The minimum atomic E-state index is 0.280. The molecule has 2 rings (SSSR count). The maximum absolute atomic E-state index is 5.53. The van der Waals surface area contributed by atoms with E-state index in [-0.39, 0.29) is 6.04 Å². The van der Waals surface area contributed by atoms with Crippen molar-refractivity contribution in [2.45, 2.75) is 25.3 Å². The van der Waals surface area contributed by atoms with Crippen molar-refractivity contribution < 1.29 is 9.15 Å². The lowest BCUT2D eigenvalue weighted by atomic mass is 9.97. The molecule has 0 amide bonds. The van der Waals surface area contributed by atoms with Gasteiger partial charge >= 0.3 is 0 Å². The molecule has 4 heteroatoms. The van der Waals surface area contributed by atoms with Crippen LogP contribution in [0.2, 0.25) is 0 Å². The molecule has 0 bridgehead atoms. The standard InChI is InChI=1S/C11H18N2O2/c12-13-10(6-9-3-5-14-8-9)7-11-2-1-4-15-11/h1-2,4,9-10,13H,3,5-8,12H2. The summed E-state index contributed by atoms with van der Waals surface area (Å²) in [5.41, 5.74) is 2.85. The third-order valence-corrected chi connectivity index (χ3v) is 2.91.